The van der Waals surface area contributed by atoms with Crippen LogP contribution in [-0.2, 0) is 0 Å². The van der Waals surface area contributed by atoms with Crippen LogP contribution < -0.4 is 5.32 Å². The molecular formula is C2H6B2I2N. The maximum atomic E-state index is 4.95. The molecular weight excluding hydrogens is 313 g/mol. The first-order valence-corrected chi connectivity index (χ1v) is 8.02. The molecule has 1 N–H and O–H groups in total. The SMILES string of the molecule is II.[B][B]CNC. The van der Waals surface area contributed by atoms with E-state index in [0.29, 0.717) is 0 Å². The van der Waals surface area contributed by atoms with E-state index in [9.17, 15) is 0 Å². The molecule has 0 atom stereocenters. The van der Waals surface area contributed by atoms with Gasteiger partial charge < -0.3 is 5.32 Å². The third kappa shape index (κ3) is 18.5. The van der Waals surface area contributed by atoms with E-state index < -0.39 is 0 Å². The highest BCUT2D eigenvalue weighted by Crippen LogP contribution is 1.89. The number of hydrogen-bond acceptors (Lipinski definition) is 1. The zero-order valence-electron chi connectivity index (χ0n) is 4.12. The molecule has 0 aliphatic heterocycles. The summed E-state index contributed by atoms with van der Waals surface area (Å²) in [6.07, 6.45) is 0.792. The van der Waals surface area contributed by atoms with E-state index >= 15 is 0 Å². The molecule has 0 aliphatic rings. The molecule has 0 aromatic rings. The molecule has 1 nitrogen and oxygen atoms in total. The van der Waals surface area contributed by atoms with Crippen LogP contribution in [0.3, 0.4) is 0 Å². The number of halogens is 2. The summed E-state index contributed by atoms with van der Waals surface area (Å²) in [6, 6.07) is 0. The van der Waals surface area contributed by atoms with Crippen LogP contribution in [-0.4, -0.2) is 28.4 Å². The molecule has 0 amide bonds. The molecule has 5 heteroatoms. The van der Waals surface area contributed by atoms with Gasteiger partial charge in [0.05, 0.1) is 7.17 Å². The highest BCUT2D eigenvalue weighted by atomic mass is 128. The van der Waals surface area contributed by atoms with Gasteiger partial charge >= 0.3 is 0 Å². The van der Waals surface area contributed by atoms with Crippen LogP contribution in [0, 0.1) is 0 Å². The summed E-state index contributed by atoms with van der Waals surface area (Å²) in [7, 11) is 8.37. The van der Waals surface area contributed by atoms with Crippen LogP contribution in [0.15, 0.2) is 0 Å². The molecule has 0 aromatic heterocycles. The largest absolute Gasteiger partial charge is 0.328 e. The maximum Gasteiger partial charge on any atom is 0.0733 e. The molecule has 3 radical (unpaired) electrons. The van der Waals surface area contributed by atoms with E-state index in [2.05, 4.69) is 42.5 Å². The Morgan fingerprint density at radius 2 is 2.14 bits per heavy atom. The maximum absolute atomic E-state index is 4.95. The zero-order valence-corrected chi connectivity index (χ0v) is 8.43. The zero-order chi connectivity index (χ0) is 6.12. The lowest BCUT2D eigenvalue weighted by molar-refractivity contribution is 0.972. The van der Waals surface area contributed by atoms with Gasteiger partial charge in [0.1, 0.15) is 0 Å². The van der Waals surface area contributed by atoms with Gasteiger partial charge in [-0.15, -0.1) is 0 Å². The van der Waals surface area contributed by atoms with Crippen molar-refractivity contribution in [2.75, 3.05) is 13.5 Å². The van der Waals surface area contributed by atoms with E-state index in [0.717, 1.165) is 6.44 Å². The van der Waals surface area contributed by atoms with Crippen molar-refractivity contribution in [1.82, 2.24) is 5.32 Å². The van der Waals surface area contributed by atoms with Crippen molar-refractivity contribution in [3.63, 3.8) is 0 Å². The van der Waals surface area contributed by atoms with Gasteiger partial charge in [-0.2, -0.15) is 0 Å². The Balaban J connectivity index is 0. The van der Waals surface area contributed by atoms with Gasteiger partial charge in [-0.1, -0.05) is 0 Å². The van der Waals surface area contributed by atoms with Crippen molar-refractivity contribution < 1.29 is 0 Å². The van der Waals surface area contributed by atoms with Crippen molar-refractivity contribution in [2.45, 2.75) is 0 Å². The Kier molecular flexibility index (Phi) is 25.4. The molecule has 0 aromatic carbocycles. The highest BCUT2D eigenvalue weighted by Gasteiger charge is 1.67. The summed E-state index contributed by atoms with van der Waals surface area (Å²) in [5.74, 6) is 0. The third-order valence-electron chi connectivity index (χ3n) is 0.322. The molecule has 0 rings (SSSR count). The lowest BCUT2D eigenvalue weighted by Gasteiger charge is -1.83. The van der Waals surface area contributed by atoms with Crippen LogP contribution in [0.2, 0.25) is 0 Å². The van der Waals surface area contributed by atoms with Gasteiger partial charge in [-0.25, -0.2) is 0 Å². The van der Waals surface area contributed by atoms with Crippen LogP contribution in [0.4, 0.5) is 0 Å². The van der Waals surface area contributed by atoms with Crippen LogP contribution in [0.1, 0.15) is 0 Å². The lowest BCUT2D eigenvalue weighted by atomic mass is 9.56. The second-order valence-corrected chi connectivity index (χ2v) is 0.793. The Hall–Kier alpha value is 1.55. The molecule has 0 saturated carbocycles. The van der Waals surface area contributed by atoms with Gasteiger partial charge in [0.2, 0.25) is 0 Å². The quantitative estimate of drug-likeness (QED) is 0.584. The van der Waals surface area contributed by atoms with Crippen molar-refractivity contribution in [3.8, 4) is 0 Å². The van der Waals surface area contributed by atoms with Crippen molar-refractivity contribution >= 4 is 52.1 Å². The summed E-state index contributed by atoms with van der Waals surface area (Å²) >= 11 is 4.24. The first-order chi connectivity index (χ1) is 3.41. The number of rotatable bonds is 2. The Bertz CT molecular complexity index is 21.2. The van der Waals surface area contributed by atoms with E-state index in [1.165, 1.54) is 0 Å². The van der Waals surface area contributed by atoms with Gasteiger partial charge in [0.15, 0.2) is 0 Å². The highest BCUT2D eigenvalue weighted by molar-refractivity contribution is 15.0. The summed E-state index contributed by atoms with van der Waals surface area (Å²) in [5.41, 5.74) is 0. The molecule has 7 heavy (non-hydrogen) atoms. The standard InChI is InChI=1S/C2H6B2N.I2/c1-5-2-4-3;1-2/h5H,2H2,1H3;. The number of hydrogen-bond donors (Lipinski definition) is 1. The smallest absolute Gasteiger partial charge is 0.0733 e. The van der Waals surface area contributed by atoms with Crippen LogP contribution in [0.25, 0.3) is 0 Å². The molecule has 39 valence electrons. The molecule has 0 bridgehead atoms. The van der Waals surface area contributed by atoms with Gasteiger partial charge in [0.25, 0.3) is 0 Å². The van der Waals surface area contributed by atoms with Crippen molar-refractivity contribution in [1.29, 1.82) is 0 Å². The predicted molar refractivity (Wildman–Crippen MR) is 53.5 cm³/mol. The van der Waals surface area contributed by atoms with Crippen LogP contribution >= 0.6 is 37.2 Å². The average molecular weight is 320 g/mol. The summed E-state index contributed by atoms with van der Waals surface area (Å²) in [6.45, 7) is 0. The van der Waals surface area contributed by atoms with Crippen molar-refractivity contribution in [3.05, 3.63) is 0 Å². The first kappa shape index (κ1) is 11.4. The summed E-state index contributed by atoms with van der Waals surface area (Å²) in [4.78, 5) is 0. The van der Waals surface area contributed by atoms with E-state index in [1.807, 2.05) is 7.05 Å². The van der Waals surface area contributed by atoms with Crippen molar-refractivity contribution in [2.24, 2.45) is 0 Å². The van der Waals surface area contributed by atoms with E-state index in [4.69, 9.17) is 7.74 Å². The molecule has 0 fully saturated rings. The molecule has 0 heterocycles. The number of nitrogens with one attached hydrogen (secondary N) is 1. The van der Waals surface area contributed by atoms with Gasteiger partial charge in [0, 0.05) is 45.0 Å². The monoisotopic (exact) mass is 320 g/mol. The van der Waals surface area contributed by atoms with E-state index in [1.54, 1.807) is 7.17 Å². The van der Waals surface area contributed by atoms with Gasteiger partial charge in [-0.3, -0.25) is 0 Å². The second kappa shape index (κ2) is 15.6. The second-order valence-electron chi connectivity index (χ2n) is 0.793. The lowest BCUT2D eigenvalue weighted by Crippen LogP contribution is -2.14. The fraction of sp³-hybridized carbons (Fsp3) is 1.00. The topological polar surface area (TPSA) is 12.0 Å². The normalized spacial score (nSPS) is 6.14. The van der Waals surface area contributed by atoms with Gasteiger partial charge in [-0.05, 0) is 13.5 Å². The Morgan fingerprint density at radius 3 is 2.14 bits per heavy atom. The minimum absolute atomic E-state index is 0.792. The fourth-order valence-corrected chi connectivity index (χ4v) is 0.118. The molecule has 0 spiro atoms. The predicted octanol–water partition coefficient (Wildman–Crippen LogP) is 0.722. The summed E-state index contributed by atoms with van der Waals surface area (Å²) < 4.78 is 0. The minimum Gasteiger partial charge on any atom is -0.328 e. The fourth-order valence-electron chi connectivity index (χ4n) is 0.118. The molecule has 0 saturated heterocycles. The van der Waals surface area contributed by atoms with Crippen LogP contribution in [0.5, 0.6) is 0 Å². The summed E-state index contributed by atoms with van der Waals surface area (Å²) in [5, 5.41) is 2.84. The molecule has 0 aliphatic carbocycles. The minimum atomic E-state index is 0.792. The Morgan fingerprint density at radius 1 is 1.71 bits per heavy atom. The van der Waals surface area contributed by atoms with E-state index in [-0.39, 0.29) is 0 Å². The third-order valence-corrected chi connectivity index (χ3v) is 0.322. The Labute approximate surface area is 70.3 Å². The first-order valence-electron chi connectivity index (χ1n) is 1.74. The average Bonchev–Trinajstić information content (AvgIpc) is 1.75. The molecule has 0 unspecified atom stereocenters.